The summed E-state index contributed by atoms with van der Waals surface area (Å²) in [4.78, 5) is 38.1. The fourth-order valence-corrected chi connectivity index (χ4v) is 7.11. The zero-order valence-corrected chi connectivity index (χ0v) is 45.0. The van der Waals surface area contributed by atoms with Crippen molar-refractivity contribution in [1.82, 2.24) is 0 Å². The van der Waals surface area contributed by atoms with E-state index in [-0.39, 0.29) is 37.5 Å². The van der Waals surface area contributed by atoms with Crippen molar-refractivity contribution in [2.24, 2.45) is 0 Å². The van der Waals surface area contributed by atoms with Gasteiger partial charge in [0, 0.05) is 19.3 Å². The van der Waals surface area contributed by atoms with Gasteiger partial charge in [-0.25, -0.2) is 0 Å². The molecule has 6 nitrogen and oxygen atoms in total. The Morgan fingerprint density at radius 3 is 0.929 bits per heavy atom. The van der Waals surface area contributed by atoms with Crippen molar-refractivity contribution in [3.63, 3.8) is 0 Å². The molecule has 70 heavy (non-hydrogen) atoms. The number of esters is 3. The molecule has 0 fully saturated rings. The maximum absolute atomic E-state index is 12.8. The van der Waals surface area contributed by atoms with Gasteiger partial charge in [0.2, 0.25) is 0 Å². The van der Waals surface area contributed by atoms with Crippen molar-refractivity contribution in [1.29, 1.82) is 0 Å². The predicted octanol–water partition coefficient (Wildman–Crippen LogP) is 19.0. The number of unbranched alkanes of at least 4 members (excludes halogenated alkanes) is 16. The molecule has 0 aromatic carbocycles. The Balaban J connectivity index is 4.56. The lowest BCUT2D eigenvalue weighted by Crippen LogP contribution is -2.30. The first-order valence-corrected chi connectivity index (χ1v) is 28.2. The fourth-order valence-electron chi connectivity index (χ4n) is 7.11. The summed E-state index contributed by atoms with van der Waals surface area (Å²) in [7, 11) is 0. The molecule has 0 unspecified atom stereocenters. The van der Waals surface area contributed by atoms with Crippen LogP contribution in [0.4, 0.5) is 0 Å². The third-order valence-electron chi connectivity index (χ3n) is 11.4. The van der Waals surface area contributed by atoms with Crippen molar-refractivity contribution in [3.8, 4) is 0 Å². The summed E-state index contributed by atoms with van der Waals surface area (Å²) in [6.07, 6.45) is 80.0. The van der Waals surface area contributed by atoms with Gasteiger partial charge >= 0.3 is 17.9 Å². The minimum absolute atomic E-state index is 0.114. The van der Waals surface area contributed by atoms with E-state index in [1.54, 1.807) is 0 Å². The van der Waals surface area contributed by atoms with E-state index in [2.05, 4.69) is 154 Å². The predicted molar refractivity (Wildman–Crippen MR) is 302 cm³/mol. The second kappa shape index (κ2) is 57.1. The molecule has 394 valence electrons. The summed E-state index contributed by atoms with van der Waals surface area (Å²) < 4.78 is 16.8. The standard InChI is InChI=1S/C64H102O6/c1-4-7-10-13-16-19-22-25-28-30-32-34-36-39-42-45-48-51-54-57-63(66)69-60-61(59-68-62(65)56-53-50-47-44-41-38-27-24-21-18-15-12-9-6-3)70-64(67)58-55-52-49-46-43-40-37-35-33-31-29-26-23-20-17-14-11-8-5-2/h7,10,15-20,24-29,32-35,39-40,42-43,61H,4-6,8-9,11-14,21-23,30-31,36-38,41,44-60H2,1-3H3/b10-7+,18-15+,19-16+,20-17+,27-24+,28-25+,29-26+,34-32+,35-33+,42-39+,43-40+/t61-/m1/s1. The summed E-state index contributed by atoms with van der Waals surface area (Å²) in [5.41, 5.74) is 0. The zero-order valence-electron chi connectivity index (χ0n) is 45.0. The van der Waals surface area contributed by atoms with Gasteiger partial charge in [-0.1, -0.05) is 212 Å². The number of carbonyl (C=O) groups is 3. The number of rotatable bonds is 49. The largest absolute Gasteiger partial charge is 0.462 e. The molecule has 1 atom stereocenters. The molecule has 0 saturated carbocycles. The molecule has 0 amide bonds. The molecule has 0 bridgehead atoms. The third kappa shape index (κ3) is 54.5. The summed E-state index contributed by atoms with van der Waals surface area (Å²) in [6, 6.07) is 0. The van der Waals surface area contributed by atoms with Gasteiger partial charge in [-0.3, -0.25) is 14.4 Å². The average molecular weight is 968 g/mol. The first kappa shape index (κ1) is 65.5. The second-order valence-corrected chi connectivity index (χ2v) is 18.1. The van der Waals surface area contributed by atoms with Crippen LogP contribution in [0.5, 0.6) is 0 Å². The van der Waals surface area contributed by atoms with Gasteiger partial charge in [0.05, 0.1) is 0 Å². The van der Waals surface area contributed by atoms with Crippen molar-refractivity contribution in [3.05, 3.63) is 134 Å². The van der Waals surface area contributed by atoms with Crippen molar-refractivity contribution in [2.45, 2.75) is 239 Å². The van der Waals surface area contributed by atoms with Crippen LogP contribution in [0.3, 0.4) is 0 Å². The molecule has 0 aliphatic rings. The Hall–Kier alpha value is -4.45. The smallest absolute Gasteiger partial charge is 0.306 e. The van der Waals surface area contributed by atoms with E-state index < -0.39 is 6.10 Å². The van der Waals surface area contributed by atoms with E-state index in [0.29, 0.717) is 19.3 Å². The van der Waals surface area contributed by atoms with E-state index in [4.69, 9.17) is 14.2 Å². The number of ether oxygens (including phenoxy) is 3. The maximum Gasteiger partial charge on any atom is 0.306 e. The SMILES string of the molecule is CC/C=C/C/C=C/C/C=C/C/C=C/C/C=C/CCCCCC(=O)OC[C@@H](COC(=O)CCCCCCC/C=C/C/C=C/CCCC)OC(=O)CCCCC/C=C/C/C=C/C/C=C/C/C=C/CCCCC. The molecule has 0 radical (unpaired) electrons. The monoisotopic (exact) mass is 967 g/mol. The zero-order chi connectivity index (χ0) is 50.7. The molecular formula is C64H102O6. The van der Waals surface area contributed by atoms with Crippen LogP contribution >= 0.6 is 0 Å². The Morgan fingerprint density at radius 2 is 0.571 bits per heavy atom. The highest BCUT2D eigenvalue weighted by Gasteiger charge is 2.19. The van der Waals surface area contributed by atoms with Crippen LogP contribution in [-0.4, -0.2) is 37.2 Å². The number of carbonyl (C=O) groups excluding carboxylic acids is 3. The summed E-state index contributed by atoms with van der Waals surface area (Å²) in [5.74, 6) is -0.997. The van der Waals surface area contributed by atoms with Crippen molar-refractivity contribution >= 4 is 17.9 Å². The maximum atomic E-state index is 12.8. The van der Waals surface area contributed by atoms with E-state index in [9.17, 15) is 14.4 Å². The van der Waals surface area contributed by atoms with Crippen molar-refractivity contribution in [2.75, 3.05) is 13.2 Å². The molecule has 0 aromatic rings. The second-order valence-electron chi connectivity index (χ2n) is 18.1. The molecule has 0 aliphatic heterocycles. The van der Waals surface area contributed by atoms with Gasteiger partial charge in [0.25, 0.3) is 0 Å². The Bertz CT molecular complexity index is 1530. The molecular weight excluding hydrogens is 865 g/mol. The van der Waals surface area contributed by atoms with Crippen molar-refractivity contribution < 1.29 is 28.6 Å². The van der Waals surface area contributed by atoms with Gasteiger partial charge in [0.15, 0.2) is 6.10 Å². The number of hydrogen-bond acceptors (Lipinski definition) is 6. The first-order chi connectivity index (χ1) is 34.5. The van der Waals surface area contributed by atoms with E-state index in [1.165, 1.54) is 44.9 Å². The van der Waals surface area contributed by atoms with Crippen LogP contribution in [0, 0.1) is 0 Å². The van der Waals surface area contributed by atoms with Crippen LogP contribution in [0.2, 0.25) is 0 Å². The lowest BCUT2D eigenvalue weighted by molar-refractivity contribution is -0.167. The highest BCUT2D eigenvalue weighted by molar-refractivity contribution is 5.71. The van der Waals surface area contributed by atoms with Gasteiger partial charge in [0.1, 0.15) is 13.2 Å². The lowest BCUT2D eigenvalue weighted by atomic mass is 10.1. The Labute approximate surface area is 430 Å². The minimum Gasteiger partial charge on any atom is -0.462 e. The van der Waals surface area contributed by atoms with E-state index >= 15 is 0 Å². The molecule has 0 spiro atoms. The highest BCUT2D eigenvalue weighted by atomic mass is 16.6. The lowest BCUT2D eigenvalue weighted by Gasteiger charge is -2.18. The molecule has 0 heterocycles. The molecule has 0 rings (SSSR count). The van der Waals surface area contributed by atoms with Crippen LogP contribution in [0.15, 0.2) is 134 Å². The molecule has 0 saturated heterocycles. The van der Waals surface area contributed by atoms with Gasteiger partial charge in [-0.05, 0) is 135 Å². The molecule has 0 aliphatic carbocycles. The van der Waals surface area contributed by atoms with Crippen LogP contribution in [-0.2, 0) is 28.6 Å². The van der Waals surface area contributed by atoms with Crippen LogP contribution in [0.25, 0.3) is 0 Å². The summed E-state index contributed by atoms with van der Waals surface area (Å²) >= 11 is 0. The summed E-state index contributed by atoms with van der Waals surface area (Å²) in [5, 5.41) is 0. The Morgan fingerprint density at radius 1 is 0.300 bits per heavy atom. The Kier molecular flexibility index (Phi) is 53.5. The van der Waals surface area contributed by atoms with Gasteiger partial charge in [-0.2, -0.15) is 0 Å². The molecule has 0 aromatic heterocycles. The summed E-state index contributed by atoms with van der Waals surface area (Å²) in [6.45, 7) is 6.38. The van der Waals surface area contributed by atoms with Gasteiger partial charge < -0.3 is 14.2 Å². The van der Waals surface area contributed by atoms with E-state index in [1.807, 2.05) is 0 Å². The molecule has 6 heteroatoms. The number of allylic oxidation sites excluding steroid dienone is 22. The average Bonchev–Trinajstić information content (AvgIpc) is 3.36. The third-order valence-corrected chi connectivity index (χ3v) is 11.4. The normalized spacial score (nSPS) is 13.1. The first-order valence-electron chi connectivity index (χ1n) is 28.2. The topological polar surface area (TPSA) is 78.9 Å². The molecule has 0 N–H and O–H groups in total. The van der Waals surface area contributed by atoms with Crippen LogP contribution < -0.4 is 0 Å². The van der Waals surface area contributed by atoms with E-state index in [0.717, 1.165) is 141 Å². The van der Waals surface area contributed by atoms with Gasteiger partial charge in [-0.15, -0.1) is 0 Å². The van der Waals surface area contributed by atoms with Crippen LogP contribution in [0.1, 0.15) is 233 Å². The minimum atomic E-state index is -0.820. The quantitative estimate of drug-likeness (QED) is 0.0262. The highest BCUT2D eigenvalue weighted by Crippen LogP contribution is 2.12. The fraction of sp³-hybridized carbons (Fsp3) is 0.609. The number of hydrogen-bond donors (Lipinski definition) is 0.